The molecule has 3 aliphatic carbocycles. The van der Waals surface area contributed by atoms with E-state index in [0.29, 0.717) is 30.4 Å². The second kappa shape index (κ2) is 17.8. The van der Waals surface area contributed by atoms with E-state index < -0.39 is 36.7 Å². The lowest BCUT2D eigenvalue weighted by atomic mass is 9.90. The Morgan fingerprint density at radius 3 is 1.94 bits per heavy atom. The van der Waals surface area contributed by atoms with Crippen molar-refractivity contribution < 1.29 is 38.1 Å². The minimum atomic E-state index is -0.654. The first kappa shape index (κ1) is 44.3. The monoisotopic (exact) mass is 942 g/mol. The van der Waals surface area contributed by atoms with Crippen LogP contribution in [-0.2, 0) is 47.8 Å². The summed E-state index contributed by atoms with van der Waals surface area (Å²) in [6.07, 6.45) is 6.09. The van der Waals surface area contributed by atoms with E-state index in [4.69, 9.17) is 18.9 Å². The molecule has 0 amide bonds. The second-order valence-electron chi connectivity index (χ2n) is 18.9. The molecule has 3 aliphatic rings. The van der Waals surface area contributed by atoms with Crippen LogP contribution in [0, 0.1) is 0 Å². The molecule has 8 heteroatoms. The molecule has 0 fully saturated rings. The number of benzene rings is 9. The fourth-order valence-corrected chi connectivity index (χ4v) is 11.0. The maximum atomic E-state index is 13.8. The van der Waals surface area contributed by atoms with Gasteiger partial charge in [-0.05, 0) is 137 Å². The normalized spacial score (nSPS) is 16.2. The third-order valence-electron chi connectivity index (χ3n) is 14.4. The zero-order valence-electron chi connectivity index (χ0n) is 39.4. The van der Waals surface area contributed by atoms with Gasteiger partial charge in [0.25, 0.3) is 0 Å². The van der Waals surface area contributed by atoms with Gasteiger partial charge in [-0.25, -0.2) is 19.2 Å². The van der Waals surface area contributed by atoms with Crippen molar-refractivity contribution in [2.45, 2.75) is 44.5 Å². The van der Waals surface area contributed by atoms with Crippen molar-refractivity contribution in [1.29, 1.82) is 0 Å². The van der Waals surface area contributed by atoms with E-state index in [1.807, 2.05) is 66.7 Å². The smallest absolute Gasteiger partial charge is 0.344 e. The fraction of sp³-hybridized carbons (Fsp3) is 0.125. The highest BCUT2D eigenvalue weighted by Crippen LogP contribution is 2.48. The largest absolute Gasteiger partial charge is 0.455 e. The van der Waals surface area contributed by atoms with Gasteiger partial charge in [0.1, 0.15) is 18.3 Å². The third kappa shape index (κ3) is 7.91. The van der Waals surface area contributed by atoms with E-state index in [1.54, 1.807) is 18.2 Å². The number of ether oxygens (including phenoxy) is 4. The second-order valence-corrected chi connectivity index (χ2v) is 18.9. The molecule has 0 aliphatic heterocycles. The molecule has 3 unspecified atom stereocenters. The summed E-state index contributed by atoms with van der Waals surface area (Å²) in [6.45, 7) is 8.44. The van der Waals surface area contributed by atoms with Crippen molar-refractivity contribution in [2.24, 2.45) is 0 Å². The molecule has 0 N–H and O–H groups in total. The van der Waals surface area contributed by atoms with Gasteiger partial charge in [0.15, 0.2) is 6.61 Å². The lowest BCUT2D eigenvalue weighted by Gasteiger charge is -2.17. The lowest BCUT2D eigenvalue weighted by molar-refractivity contribution is -0.160. The molecule has 0 bridgehead atoms. The van der Waals surface area contributed by atoms with Crippen molar-refractivity contribution in [2.75, 3.05) is 6.61 Å². The van der Waals surface area contributed by atoms with Gasteiger partial charge in [0.05, 0.1) is 11.1 Å². The van der Waals surface area contributed by atoms with Gasteiger partial charge in [-0.1, -0.05) is 141 Å². The van der Waals surface area contributed by atoms with E-state index in [1.165, 1.54) is 17.9 Å². The van der Waals surface area contributed by atoms with Crippen molar-refractivity contribution in [3.63, 3.8) is 0 Å². The predicted octanol–water partition coefficient (Wildman–Crippen LogP) is 13.9. The van der Waals surface area contributed by atoms with Crippen LogP contribution < -0.4 is 0 Å². The Kier molecular flexibility index (Phi) is 11.0. The molecular weight excluding hydrogens is 897 g/mol. The van der Waals surface area contributed by atoms with Gasteiger partial charge in [-0.3, -0.25) is 0 Å². The molecule has 9 aromatic rings. The summed E-state index contributed by atoms with van der Waals surface area (Å²) in [5.41, 5.74) is 12.1. The van der Waals surface area contributed by atoms with Gasteiger partial charge >= 0.3 is 23.9 Å². The van der Waals surface area contributed by atoms with Crippen molar-refractivity contribution in [3.05, 3.63) is 232 Å². The zero-order chi connectivity index (χ0) is 49.2. The molecule has 0 saturated heterocycles. The zero-order valence-corrected chi connectivity index (χ0v) is 39.4. The van der Waals surface area contributed by atoms with E-state index in [2.05, 4.69) is 98.1 Å². The standard InChI is InChI=1S/C64H46O8/c1-4-37-14-19-42(20-15-37)63(67)72-56-33-46-24-22-39(18-16-38-17-21-44-29-47(25-23-43(44)28-38)64(68)71-55-32-45-11-5-8-40-9-6-12-50(55)59(40)45)52-30-48(31-54(56)61(46)52)49-27-26-41-10-7-13-51-57(34-53(49)60(41)51)70-58(65)35-69-62(66)36(2)3/h4-31,55-57H,1-2,32-35H2,3H3/b18-16+. The quantitative estimate of drug-likeness (QED) is 0.0516. The van der Waals surface area contributed by atoms with Crippen LogP contribution in [0.4, 0.5) is 0 Å². The summed E-state index contributed by atoms with van der Waals surface area (Å²) in [4.78, 5) is 52.5. The predicted molar refractivity (Wildman–Crippen MR) is 282 cm³/mol. The maximum absolute atomic E-state index is 13.8. The lowest BCUT2D eigenvalue weighted by Crippen LogP contribution is -2.19. The minimum Gasteiger partial charge on any atom is -0.455 e. The first-order valence-electron chi connectivity index (χ1n) is 24.1. The Morgan fingerprint density at radius 2 is 1.18 bits per heavy atom. The molecule has 3 atom stereocenters. The molecule has 0 aromatic heterocycles. The summed E-state index contributed by atoms with van der Waals surface area (Å²) in [5, 5.41) is 8.35. The van der Waals surface area contributed by atoms with Gasteiger partial charge in [-0.2, -0.15) is 0 Å². The Balaban J connectivity index is 0.868. The molecule has 9 aromatic carbocycles. The Morgan fingerprint density at radius 1 is 0.556 bits per heavy atom. The van der Waals surface area contributed by atoms with E-state index in [-0.39, 0.29) is 17.6 Å². The molecule has 72 heavy (non-hydrogen) atoms. The van der Waals surface area contributed by atoms with Gasteiger partial charge in [0, 0.05) is 41.5 Å². The van der Waals surface area contributed by atoms with Crippen LogP contribution in [0.3, 0.4) is 0 Å². The van der Waals surface area contributed by atoms with Crippen LogP contribution in [0.5, 0.6) is 0 Å². The number of carbonyl (C=O) groups excluding carboxylic acids is 4. The van der Waals surface area contributed by atoms with E-state index in [9.17, 15) is 19.2 Å². The highest BCUT2D eigenvalue weighted by Gasteiger charge is 2.33. The van der Waals surface area contributed by atoms with Crippen LogP contribution in [0.15, 0.2) is 170 Å². The van der Waals surface area contributed by atoms with Crippen LogP contribution in [0.1, 0.15) is 96.0 Å². The molecule has 12 rings (SSSR count). The number of carbonyl (C=O) groups is 4. The maximum Gasteiger partial charge on any atom is 0.344 e. The van der Waals surface area contributed by atoms with Crippen molar-refractivity contribution >= 4 is 85.2 Å². The summed E-state index contributed by atoms with van der Waals surface area (Å²) >= 11 is 0. The number of fused-ring (bicyclic) bond motifs is 1. The topological polar surface area (TPSA) is 105 Å². The van der Waals surface area contributed by atoms with Crippen LogP contribution >= 0.6 is 0 Å². The molecule has 8 nitrogen and oxygen atoms in total. The van der Waals surface area contributed by atoms with Crippen LogP contribution in [0.2, 0.25) is 0 Å². The molecule has 0 saturated carbocycles. The average molecular weight is 943 g/mol. The fourth-order valence-electron chi connectivity index (χ4n) is 11.0. The van der Waals surface area contributed by atoms with Crippen LogP contribution in [-0.4, -0.2) is 30.5 Å². The summed E-state index contributed by atoms with van der Waals surface area (Å²) < 4.78 is 23.6. The van der Waals surface area contributed by atoms with E-state index >= 15 is 0 Å². The van der Waals surface area contributed by atoms with E-state index in [0.717, 1.165) is 93.3 Å². The molecule has 0 heterocycles. The van der Waals surface area contributed by atoms with Crippen molar-refractivity contribution in [3.8, 4) is 11.1 Å². The SMILES string of the molecule is C=Cc1ccc(C(=O)OC2Cc3ccc(/C=C/c4ccc5cc(C(=O)OC6Cc7cccc8cccc6c78)ccc5c4)c4cc(-c5ccc6cccc7c6c5CC7OC(=O)COC(=O)C(=C)C)cc2c34)cc1. The Bertz CT molecular complexity index is 3850. The first-order valence-corrected chi connectivity index (χ1v) is 24.1. The molecule has 0 radical (unpaired) electrons. The highest BCUT2D eigenvalue weighted by molar-refractivity contribution is 6.04. The Hall–Kier alpha value is -8.88. The van der Waals surface area contributed by atoms with Gasteiger partial charge in [0.2, 0.25) is 0 Å². The summed E-state index contributed by atoms with van der Waals surface area (Å²) in [6, 6.07) is 50.3. The Labute approximate surface area is 415 Å². The third-order valence-corrected chi connectivity index (χ3v) is 14.4. The highest BCUT2D eigenvalue weighted by atomic mass is 16.6. The molecular formula is C64H46O8. The van der Waals surface area contributed by atoms with Crippen molar-refractivity contribution in [1.82, 2.24) is 0 Å². The van der Waals surface area contributed by atoms with Crippen LogP contribution in [0.25, 0.3) is 72.4 Å². The van der Waals surface area contributed by atoms with Gasteiger partial charge in [-0.15, -0.1) is 0 Å². The molecule has 350 valence electrons. The minimum absolute atomic E-state index is 0.197. The average Bonchev–Trinajstić information content (AvgIpc) is 4.07. The number of esters is 4. The number of hydrogen-bond donors (Lipinski definition) is 0. The number of hydrogen-bond acceptors (Lipinski definition) is 8. The first-order chi connectivity index (χ1) is 35.1. The summed E-state index contributed by atoms with van der Waals surface area (Å²) in [7, 11) is 0. The molecule has 0 spiro atoms. The number of rotatable bonds is 12. The van der Waals surface area contributed by atoms with Gasteiger partial charge < -0.3 is 18.9 Å². The summed E-state index contributed by atoms with van der Waals surface area (Å²) in [5.74, 6) is -2.05.